The molecule has 0 spiro atoms. The Morgan fingerprint density at radius 2 is 2.11 bits per heavy atom. The molecule has 0 saturated heterocycles. The Bertz CT molecular complexity index is 626. The third-order valence-corrected chi connectivity index (χ3v) is 2.60. The molecule has 4 nitrogen and oxygen atoms in total. The zero-order chi connectivity index (χ0) is 14.0. The number of halogens is 3. The number of nitrogen functional groups attached to an aromatic ring is 1. The molecule has 1 amide bonds. The SMILES string of the molecule is Nc1cccnc1C(=O)Nc1c(F)cc(F)cc1Cl. The van der Waals surface area contributed by atoms with Crippen molar-refractivity contribution in [2.24, 2.45) is 0 Å². The van der Waals surface area contributed by atoms with Gasteiger partial charge in [0.2, 0.25) is 0 Å². The minimum atomic E-state index is -0.979. The molecule has 98 valence electrons. The van der Waals surface area contributed by atoms with Gasteiger partial charge in [-0.15, -0.1) is 0 Å². The van der Waals surface area contributed by atoms with Crippen LogP contribution in [0.2, 0.25) is 5.02 Å². The molecule has 0 bridgehead atoms. The summed E-state index contributed by atoms with van der Waals surface area (Å²) in [6, 6.07) is 4.54. The molecule has 0 aliphatic carbocycles. The average molecular weight is 284 g/mol. The van der Waals surface area contributed by atoms with E-state index < -0.39 is 17.5 Å². The van der Waals surface area contributed by atoms with E-state index in [0.717, 1.165) is 6.07 Å². The molecular formula is C12H8ClF2N3O. The predicted molar refractivity (Wildman–Crippen MR) is 68.0 cm³/mol. The van der Waals surface area contributed by atoms with E-state index in [2.05, 4.69) is 10.3 Å². The van der Waals surface area contributed by atoms with Crippen LogP contribution >= 0.6 is 11.6 Å². The monoisotopic (exact) mass is 283 g/mol. The first-order valence-corrected chi connectivity index (χ1v) is 5.53. The lowest BCUT2D eigenvalue weighted by molar-refractivity contribution is 0.102. The van der Waals surface area contributed by atoms with Crippen LogP contribution in [0, 0.1) is 11.6 Å². The fourth-order valence-corrected chi connectivity index (χ4v) is 1.68. The van der Waals surface area contributed by atoms with Gasteiger partial charge in [0.25, 0.3) is 5.91 Å². The molecule has 1 aromatic carbocycles. The second-order valence-electron chi connectivity index (χ2n) is 3.64. The van der Waals surface area contributed by atoms with Crippen LogP contribution in [0.25, 0.3) is 0 Å². The summed E-state index contributed by atoms with van der Waals surface area (Å²) in [5.74, 6) is -2.55. The van der Waals surface area contributed by atoms with Crippen LogP contribution in [0.5, 0.6) is 0 Å². The second-order valence-corrected chi connectivity index (χ2v) is 4.05. The van der Waals surface area contributed by atoms with Gasteiger partial charge in [-0.25, -0.2) is 13.8 Å². The quantitative estimate of drug-likeness (QED) is 0.890. The molecule has 0 aliphatic heterocycles. The van der Waals surface area contributed by atoms with Crippen molar-refractivity contribution in [1.29, 1.82) is 0 Å². The normalized spacial score (nSPS) is 10.3. The van der Waals surface area contributed by atoms with Gasteiger partial charge in [-0.2, -0.15) is 0 Å². The summed E-state index contributed by atoms with van der Waals surface area (Å²) in [6.07, 6.45) is 1.37. The van der Waals surface area contributed by atoms with E-state index in [9.17, 15) is 13.6 Å². The zero-order valence-corrected chi connectivity index (χ0v) is 10.2. The number of anilines is 2. The molecule has 2 rings (SSSR count). The number of carbonyl (C=O) groups excluding carboxylic acids is 1. The van der Waals surface area contributed by atoms with Gasteiger partial charge in [0.15, 0.2) is 11.5 Å². The molecule has 2 aromatic rings. The topological polar surface area (TPSA) is 68.0 Å². The Labute approximate surface area is 112 Å². The summed E-state index contributed by atoms with van der Waals surface area (Å²) in [6.45, 7) is 0. The van der Waals surface area contributed by atoms with Gasteiger partial charge in [-0.05, 0) is 18.2 Å². The molecule has 19 heavy (non-hydrogen) atoms. The molecule has 0 atom stereocenters. The van der Waals surface area contributed by atoms with E-state index in [1.165, 1.54) is 12.3 Å². The summed E-state index contributed by atoms with van der Waals surface area (Å²) in [4.78, 5) is 15.6. The number of hydrogen-bond acceptors (Lipinski definition) is 3. The molecular weight excluding hydrogens is 276 g/mol. The van der Waals surface area contributed by atoms with Crippen molar-refractivity contribution >= 4 is 28.9 Å². The third kappa shape index (κ3) is 2.79. The minimum Gasteiger partial charge on any atom is -0.397 e. The smallest absolute Gasteiger partial charge is 0.276 e. The maximum absolute atomic E-state index is 13.5. The number of hydrogen-bond donors (Lipinski definition) is 2. The van der Waals surface area contributed by atoms with Crippen molar-refractivity contribution in [3.05, 3.63) is 52.8 Å². The molecule has 3 N–H and O–H groups in total. The number of nitrogens with one attached hydrogen (secondary N) is 1. The molecule has 1 heterocycles. The van der Waals surface area contributed by atoms with E-state index in [-0.39, 0.29) is 22.1 Å². The van der Waals surface area contributed by atoms with E-state index in [0.29, 0.717) is 6.07 Å². The van der Waals surface area contributed by atoms with Gasteiger partial charge in [-0.3, -0.25) is 4.79 Å². The Morgan fingerprint density at radius 1 is 1.37 bits per heavy atom. The van der Waals surface area contributed by atoms with E-state index >= 15 is 0 Å². The largest absolute Gasteiger partial charge is 0.397 e. The predicted octanol–water partition coefficient (Wildman–Crippen LogP) is 2.85. The van der Waals surface area contributed by atoms with Gasteiger partial charge >= 0.3 is 0 Å². The lowest BCUT2D eigenvalue weighted by Gasteiger charge is -2.09. The Hall–Kier alpha value is -2.21. The summed E-state index contributed by atoms with van der Waals surface area (Å²) < 4.78 is 26.4. The van der Waals surface area contributed by atoms with Gasteiger partial charge in [-0.1, -0.05) is 11.6 Å². The van der Waals surface area contributed by atoms with Crippen LogP contribution < -0.4 is 11.1 Å². The molecule has 1 aromatic heterocycles. The highest BCUT2D eigenvalue weighted by atomic mass is 35.5. The van der Waals surface area contributed by atoms with Gasteiger partial charge in [0, 0.05) is 12.3 Å². The van der Waals surface area contributed by atoms with Crippen molar-refractivity contribution < 1.29 is 13.6 Å². The van der Waals surface area contributed by atoms with Crippen LogP contribution in [-0.2, 0) is 0 Å². The highest BCUT2D eigenvalue weighted by molar-refractivity contribution is 6.34. The van der Waals surface area contributed by atoms with Crippen LogP contribution in [-0.4, -0.2) is 10.9 Å². The standard InChI is InChI=1S/C12H8ClF2N3O/c13-7-4-6(14)5-8(15)10(7)18-12(19)11-9(16)2-1-3-17-11/h1-5H,16H2,(H,18,19). The summed E-state index contributed by atoms with van der Waals surface area (Å²) in [5, 5.41) is 1.96. The van der Waals surface area contributed by atoms with Crippen LogP contribution in [0.3, 0.4) is 0 Å². The fraction of sp³-hybridized carbons (Fsp3) is 0. The molecule has 0 aliphatic rings. The zero-order valence-electron chi connectivity index (χ0n) is 9.45. The number of pyridine rings is 1. The molecule has 7 heteroatoms. The van der Waals surface area contributed by atoms with E-state index in [1.54, 1.807) is 6.07 Å². The van der Waals surface area contributed by atoms with Gasteiger partial charge in [0.1, 0.15) is 5.82 Å². The summed E-state index contributed by atoms with van der Waals surface area (Å²) in [5.41, 5.74) is 5.31. The van der Waals surface area contributed by atoms with E-state index in [1.807, 2.05) is 0 Å². The van der Waals surface area contributed by atoms with Crippen LogP contribution in [0.15, 0.2) is 30.5 Å². The number of benzene rings is 1. The maximum Gasteiger partial charge on any atom is 0.276 e. The Balaban J connectivity index is 2.32. The Morgan fingerprint density at radius 3 is 2.74 bits per heavy atom. The van der Waals surface area contributed by atoms with Crippen molar-refractivity contribution in [3.8, 4) is 0 Å². The lowest BCUT2D eigenvalue weighted by Crippen LogP contribution is -2.17. The van der Waals surface area contributed by atoms with Crippen LogP contribution in [0.4, 0.5) is 20.2 Å². The van der Waals surface area contributed by atoms with E-state index in [4.69, 9.17) is 17.3 Å². The third-order valence-electron chi connectivity index (χ3n) is 2.30. The number of nitrogens with zero attached hydrogens (tertiary/aromatic N) is 1. The van der Waals surface area contributed by atoms with Crippen molar-refractivity contribution in [2.75, 3.05) is 11.1 Å². The number of nitrogens with two attached hydrogens (primary N) is 1. The highest BCUT2D eigenvalue weighted by Crippen LogP contribution is 2.27. The number of aromatic nitrogens is 1. The maximum atomic E-state index is 13.5. The first-order chi connectivity index (χ1) is 8.99. The number of amides is 1. The number of rotatable bonds is 2. The van der Waals surface area contributed by atoms with Gasteiger partial charge < -0.3 is 11.1 Å². The molecule has 0 radical (unpaired) electrons. The summed E-state index contributed by atoms with van der Waals surface area (Å²) >= 11 is 5.66. The molecule has 0 unspecified atom stereocenters. The van der Waals surface area contributed by atoms with Crippen molar-refractivity contribution in [3.63, 3.8) is 0 Å². The molecule has 0 saturated carbocycles. The van der Waals surface area contributed by atoms with Crippen molar-refractivity contribution in [2.45, 2.75) is 0 Å². The fourth-order valence-electron chi connectivity index (χ4n) is 1.44. The first kappa shape index (κ1) is 13.2. The highest BCUT2D eigenvalue weighted by Gasteiger charge is 2.16. The Kier molecular flexibility index (Phi) is 3.62. The second kappa shape index (κ2) is 5.19. The van der Waals surface area contributed by atoms with Gasteiger partial charge in [0.05, 0.1) is 16.4 Å². The molecule has 0 fully saturated rings. The first-order valence-electron chi connectivity index (χ1n) is 5.15. The van der Waals surface area contributed by atoms with Crippen LogP contribution in [0.1, 0.15) is 10.5 Å². The average Bonchev–Trinajstić information content (AvgIpc) is 2.34. The lowest BCUT2D eigenvalue weighted by atomic mass is 10.2. The van der Waals surface area contributed by atoms with Crippen molar-refractivity contribution in [1.82, 2.24) is 4.98 Å². The minimum absolute atomic E-state index is 0.0673. The summed E-state index contributed by atoms with van der Waals surface area (Å²) in [7, 11) is 0. The number of carbonyl (C=O) groups is 1.